The molecule has 0 aliphatic rings. The number of para-hydroxylation sites is 1. The molecule has 0 bridgehead atoms. The number of methoxy groups -OCH3 is 1. The maximum atomic E-state index is 5.40. The zero-order valence-electron chi connectivity index (χ0n) is 10.6. The molecule has 0 saturated heterocycles. The van der Waals surface area contributed by atoms with E-state index in [2.05, 4.69) is 44.2 Å². The van der Waals surface area contributed by atoms with Gasteiger partial charge >= 0.3 is 0 Å². The monoisotopic (exact) mass is 226 g/mol. The van der Waals surface area contributed by atoms with Gasteiger partial charge in [0.15, 0.2) is 0 Å². The van der Waals surface area contributed by atoms with Gasteiger partial charge in [0.1, 0.15) is 5.75 Å². The Morgan fingerprint density at radius 1 is 0.941 bits per heavy atom. The van der Waals surface area contributed by atoms with Crippen molar-refractivity contribution in [3.63, 3.8) is 0 Å². The maximum absolute atomic E-state index is 5.40. The summed E-state index contributed by atoms with van der Waals surface area (Å²) in [5, 5.41) is 0. The first-order valence-electron chi connectivity index (χ1n) is 5.95. The molecule has 0 unspecified atom stereocenters. The van der Waals surface area contributed by atoms with E-state index in [9.17, 15) is 0 Å². The molecule has 0 spiro atoms. The summed E-state index contributed by atoms with van der Waals surface area (Å²) >= 11 is 0. The lowest BCUT2D eigenvalue weighted by Gasteiger charge is -2.11. The number of ether oxygens (including phenoxy) is 1. The first-order chi connectivity index (χ1) is 8.22. The van der Waals surface area contributed by atoms with Gasteiger partial charge in [0.25, 0.3) is 0 Å². The highest BCUT2D eigenvalue weighted by Crippen LogP contribution is 2.31. The van der Waals surface area contributed by atoms with E-state index in [1.807, 2.05) is 18.2 Å². The standard InChI is InChI=1S/C16H18O/c1-12(2)13-7-6-8-14(11-13)15-9-4-5-10-16(15)17-3/h4-12H,1-3H3. The molecule has 0 fully saturated rings. The minimum Gasteiger partial charge on any atom is -0.496 e. The molecule has 2 aromatic carbocycles. The summed E-state index contributed by atoms with van der Waals surface area (Å²) in [5.41, 5.74) is 3.72. The van der Waals surface area contributed by atoms with Gasteiger partial charge in [-0.05, 0) is 23.1 Å². The van der Waals surface area contributed by atoms with Crippen molar-refractivity contribution in [2.24, 2.45) is 0 Å². The van der Waals surface area contributed by atoms with Crippen LogP contribution in [0.25, 0.3) is 11.1 Å². The lowest BCUT2D eigenvalue weighted by atomic mass is 9.97. The molecule has 1 nitrogen and oxygen atoms in total. The van der Waals surface area contributed by atoms with Crippen LogP contribution in [-0.2, 0) is 0 Å². The van der Waals surface area contributed by atoms with Crippen LogP contribution < -0.4 is 4.74 Å². The molecule has 0 aliphatic carbocycles. The van der Waals surface area contributed by atoms with Crippen molar-refractivity contribution in [3.8, 4) is 16.9 Å². The smallest absolute Gasteiger partial charge is 0.126 e. The Morgan fingerprint density at radius 2 is 1.71 bits per heavy atom. The molecule has 0 radical (unpaired) electrons. The van der Waals surface area contributed by atoms with Crippen LogP contribution in [-0.4, -0.2) is 7.11 Å². The van der Waals surface area contributed by atoms with E-state index in [0.717, 1.165) is 11.3 Å². The lowest BCUT2D eigenvalue weighted by molar-refractivity contribution is 0.416. The minimum atomic E-state index is 0.546. The number of hydrogen-bond acceptors (Lipinski definition) is 1. The van der Waals surface area contributed by atoms with Gasteiger partial charge in [-0.1, -0.05) is 56.3 Å². The van der Waals surface area contributed by atoms with Gasteiger partial charge in [-0.25, -0.2) is 0 Å². The highest BCUT2D eigenvalue weighted by molar-refractivity contribution is 5.70. The highest BCUT2D eigenvalue weighted by atomic mass is 16.5. The average molecular weight is 226 g/mol. The van der Waals surface area contributed by atoms with Crippen LogP contribution in [0.2, 0.25) is 0 Å². The fourth-order valence-electron chi connectivity index (χ4n) is 1.95. The van der Waals surface area contributed by atoms with Crippen LogP contribution in [0.4, 0.5) is 0 Å². The van der Waals surface area contributed by atoms with Gasteiger partial charge in [-0.3, -0.25) is 0 Å². The fraction of sp³-hybridized carbons (Fsp3) is 0.250. The molecule has 0 atom stereocenters. The highest BCUT2D eigenvalue weighted by Gasteiger charge is 2.06. The van der Waals surface area contributed by atoms with Crippen LogP contribution in [0.3, 0.4) is 0 Å². The number of benzene rings is 2. The molecule has 0 aromatic heterocycles. The molecule has 0 aliphatic heterocycles. The average Bonchev–Trinajstić information content (AvgIpc) is 2.39. The third-order valence-electron chi connectivity index (χ3n) is 2.97. The first kappa shape index (κ1) is 11.7. The van der Waals surface area contributed by atoms with E-state index in [1.165, 1.54) is 11.1 Å². The predicted molar refractivity (Wildman–Crippen MR) is 72.5 cm³/mol. The van der Waals surface area contributed by atoms with Crippen LogP contribution in [0.15, 0.2) is 48.5 Å². The van der Waals surface area contributed by atoms with Crippen LogP contribution in [0.1, 0.15) is 25.3 Å². The van der Waals surface area contributed by atoms with Crippen molar-refractivity contribution in [1.29, 1.82) is 0 Å². The van der Waals surface area contributed by atoms with E-state index in [4.69, 9.17) is 4.74 Å². The SMILES string of the molecule is COc1ccccc1-c1cccc(C(C)C)c1. The Balaban J connectivity index is 2.49. The summed E-state index contributed by atoms with van der Waals surface area (Å²) in [7, 11) is 1.71. The van der Waals surface area contributed by atoms with E-state index >= 15 is 0 Å². The van der Waals surface area contributed by atoms with Gasteiger partial charge in [-0.15, -0.1) is 0 Å². The van der Waals surface area contributed by atoms with Gasteiger partial charge in [0, 0.05) is 5.56 Å². The van der Waals surface area contributed by atoms with E-state index in [1.54, 1.807) is 7.11 Å². The Bertz CT molecular complexity index is 500. The summed E-state index contributed by atoms with van der Waals surface area (Å²) in [5.74, 6) is 1.47. The van der Waals surface area contributed by atoms with Gasteiger partial charge in [0.05, 0.1) is 7.11 Å². The minimum absolute atomic E-state index is 0.546. The summed E-state index contributed by atoms with van der Waals surface area (Å²) in [4.78, 5) is 0. The molecule has 1 heteroatoms. The Kier molecular flexibility index (Phi) is 3.48. The Morgan fingerprint density at radius 3 is 2.41 bits per heavy atom. The van der Waals surface area contributed by atoms with Crippen molar-refractivity contribution in [2.75, 3.05) is 7.11 Å². The quantitative estimate of drug-likeness (QED) is 0.749. The second-order valence-electron chi connectivity index (χ2n) is 4.48. The zero-order chi connectivity index (χ0) is 12.3. The first-order valence-corrected chi connectivity index (χ1v) is 5.95. The molecule has 2 rings (SSSR count). The number of rotatable bonds is 3. The third kappa shape index (κ3) is 2.50. The van der Waals surface area contributed by atoms with Gasteiger partial charge < -0.3 is 4.74 Å². The maximum Gasteiger partial charge on any atom is 0.126 e. The third-order valence-corrected chi connectivity index (χ3v) is 2.97. The predicted octanol–water partition coefficient (Wildman–Crippen LogP) is 4.49. The van der Waals surface area contributed by atoms with E-state index in [0.29, 0.717) is 5.92 Å². The summed E-state index contributed by atoms with van der Waals surface area (Å²) < 4.78 is 5.40. The second-order valence-corrected chi connectivity index (χ2v) is 4.48. The molecule has 17 heavy (non-hydrogen) atoms. The van der Waals surface area contributed by atoms with Crippen molar-refractivity contribution in [3.05, 3.63) is 54.1 Å². The Hall–Kier alpha value is -1.76. The van der Waals surface area contributed by atoms with Crippen LogP contribution >= 0.6 is 0 Å². The molecule has 2 aromatic rings. The summed E-state index contributed by atoms with van der Waals surface area (Å²) in [6, 6.07) is 16.8. The molecule has 0 heterocycles. The fourth-order valence-corrected chi connectivity index (χ4v) is 1.95. The van der Waals surface area contributed by atoms with Crippen molar-refractivity contribution < 1.29 is 4.74 Å². The van der Waals surface area contributed by atoms with Crippen LogP contribution in [0.5, 0.6) is 5.75 Å². The van der Waals surface area contributed by atoms with Crippen molar-refractivity contribution in [1.82, 2.24) is 0 Å². The molecule has 0 saturated carbocycles. The van der Waals surface area contributed by atoms with Gasteiger partial charge in [-0.2, -0.15) is 0 Å². The normalized spacial score (nSPS) is 10.6. The largest absolute Gasteiger partial charge is 0.496 e. The van der Waals surface area contributed by atoms with E-state index in [-0.39, 0.29) is 0 Å². The van der Waals surface area contributed by atoms with Crippen molar-refractivity contribution >= 4 is 0 Å². The van der Waals surface area contributed by atoms with Gasteiger partial charge in [0.2, 0.25) is 0 Å². The lowest BCUT2D eigenvalue weighted by Crippen LogP contribution is -1.90. The molecule has 0 N–H and O–H groups in total. The summed E-state index contributed by atoms with van der Waals surface area (Å²) in [6.45, 7) is 4.42. The van der Waals surface area contributed by atoms with Crippen molar-refractivity contribution in [2.45, 2.75) is 19.8 Å². The topological polar surface area (TPSA) is 9.23 Å². The van der Waals surface area contributed by atoms with E-state index < -0.39 is 0 Å². The molecule has 88 valence electrons. The summed E-state index contributed by atoms with van der Waals surface area (Å²) in [6.07, 6.45) is 0. The molecular weight excluding hydrogens is 208 g/mol. The zero-order valence-corrected chi connectivity index (χ0v) is 10.6. The Labute approximate surface area is 103 Å². The van der Waals surface area contributed by atoms with Crippen LogP contribution in [0, 0.1) is 0 Å². The second kappa shape index (κ2) is 5.05. The number of hydrogen-bond donors (Lipinski definition) is 0. The molecule has 0 amide bonds. The molecular formula is C16H18O.